The first-order valence-electron chi connectivity index (χ1n) is 6.64. The van der Waals surface area contributed by atoms with Crippen molar-refractivity contribution in [2.45, 2.75) is 11.8 Å². The molecule has 4 heteroatoms. The lowest BCUT2D eigenvalue weighted by molar-refractivity contribution is 0.102. The topological polar surface area (TPSA) is 32.9 Å². The zero-order chi connectivity index (χ0) is 14.8. The number of hydrogen-bond donors (Lipinski definition) is 1. The van der Waals surface area contributed by atoms with Crippen molar-refractivity contribution in [1.29, 1.82) is 0 Å². The highest BCUT2D eigenvalue weighted by atomic mass is 32.2. The van der Waals surface area contributed by atoms with Crippen molar-refractivity contribution in [3.05, 3.63) is 65.6 Å². The van der Waals surface area contributed by atoms with Gasteiger partial charge in [-0.3, -0.25) is 4.79 Å². The molecule has 0 aliphatic heterocycles. The van der Waals surface area contributed by atoms with Crippen LogP contribution in [-0.4, -0.2) is 16.5 Å². The summed E-state index contributed by atoms with van der Waals surface area (Å²) in [6, 6.07) is 14.2. The minimum Gasteiger partial charge on any atom is -0.358 e. The molecule has 0 amide bonds. The Hall–Kier alpha value is -2.07. The van der Waals surface area contributed by atoms with Crippen LogP contribution in [0.2, 0.25) is 0 Å². The summed E-state index contributed by atoms with van der Waals surface area (Å²) in [5.41, 5.74) is 2.51. The Balaban J connectivity index is 1.85. The molecule has 2 nitrogen and oxygen atoms in total. The van der Waals surface area contributed by atoms with Gasteiger partial charge in [0.25, 0.3) is 0 Å². The second-order valence-electron chi connectivity index (χ2n) is 4.81. The highest BCUT2D eigenvalue weighted by Crippen LogP contribution is 2.26. The molecular formula is C17H14FNOS. The first kappa shape index (κ1) is 13.9. The number of aromatic amines is 1. The quantitative estimate of drug-likeness (QED) is 0.564. The van der Waals surface area contributed by atoms with E-state index in [9.17, 15) is 9.18 Å². The van der Waals surface area contributed by atoms with Gasteiger partial charge in [-0.1, -0.05) is 30.3 Å². The summed E-state index contributed by atoms with van der Waals surface area (Å²) in [7, 11) is 0. The molecule has 3 rings (SSSR count). The van der Waals surface area contributed by atoms with E-state index < -0.39 is 0 Å². The molecule has 106 valence electrons. The SMILES string of the molecule is Cc1[nH]c2ccccc2c1C(=O)CSc1ccccc1F. The predicted octanol–water partition coefficient (Wildman–Crippen LogP) is 4.59. The van der Waals surface area contributed by atoms with Gasteiger partial charge in [-0.15, -0.1) is 11.8 Å². The number of aryl methyl sites for hydroxylation is 1. The molecule has 0 spiro atoms. The second kappa shape index (κ2) is 5.74. The zero-order valence-electron chi connectivity index (χ0n) is 11.5. The van der Waals surface area contributed by atoms with Crippen LogP contribution in [0.5, 0.6) is 0 Å². The van der Waals surface area contributed by atoms with Crippen LogP contribution in [0, 0.1) is 12.7 Å². The third-order valence-corrected chi connectivity index (χ3v) is 4.42. The van der Waals surface area contributed by atoms with E-state index in [1.807, 2.05) is 31.2 Å². The van der Waals surface area contributed by atoms with Gasteiger partial charge in [-0.25, -0.2) is 4.39 Å². The number of hydrogen-bond acceptors (Lipinski definition) is 2. The number of para-hydroxylation sites is 1. The number of aromatic nitrogens is 1. The van der Waals surface area contributed by atoms with Gasteiger partial charge in [-0.05, 0) is 25.1 Å². The number of benzene rings is 2. The van der Waals surface area contributed by atoms with Crippen molar-refractivity contribution in [3.8, 4) is 0 Å². The molecule has 0 saturated heterocycles. The van der Waals surface area contributed by atoms with Gasteiger partial charge >= 0.3 is 0 Å². The summed E-state index contributed by atoms with van der Waals surface area (Å²) in [6.07, 6.45) is 0. The lowest BCUT2D eigenvalue weighted by atomic mass is 10.1. The molecule has 0 saturated carbocycles. The number of thioether (sulfide) groups is 1. The molecule has 0 atom stereocenters. The molecule has 1 aromatic heterocycles. The van der Waals surface area contributed by atoms with E-state index in [0.29, 0.717) is 10.5 Å². The average Bonchev–Trinajstić information content (AvgIpc) is 2.82. The predicted molar refractivity (Wildman–Crippen MR) is 84.5 cm³/mol. The van der Waals surface area contributed by atoms with E-state index in [4.69, 9.17) is 0 Å². The molecule has 0 radical (unpaired) electrons. The van der Waals surface area contributed by atoms with Crippen LogP contribution in [0.4, 0.5) is 4.39 Å². The van der Waals surface area contributed by atoms with E-state index in [1.54, 1.807) is 18.2 Å². The maximum absolute atomic E-state index is 13.6. The van der Waals surface area contributed by atoms with Crippen LogP contribution in [0.15, 0.2) is 53.4 Å². The normalized spacial score (nSPS) is 11.0. The maximum atomic E-state index is 13.6. The second-order valence-corrected chi connectivity index (χ2v) is 5.83. The molecule has 0 bridgehead atoms. The molecule has 21 heavy (non-hydrogen) atoms. The van der Waals surface area contributed by atoms with Crippen molar-refractivity contribution in [2.24, 2.45) is 0 Å². The number of H-pyrrole nitrogens is 1. The number of carbonyl (C=O) groups excluding carboxylic acids is 1. The smallest absolute Gasteiger partial charge is 0.175 e. The largest absolute Gasteiger partial charge is 0.358 e. The van der Waals surface area contributed by atoms with Gasteiger partial charge < -0.3 is 4.98 Å². The van der Waals surface area contributed by atoms with Crippen molar-refractivity contribution in [2.75, 3.05) is 5.75 Å². The number of rotatable bonds is 4. The zero-order valence-corrected chi connectivity index (χ0v) is 12.3. The van der Waals surface area contributed by atoms with Crippen LogP contribution in [0.1, 0.15) is 16.1 Å². The third kappa shape index (κ3) is 2.72. The Bertz CT molecular complexity index is 809. The Labute approximate surface area is 126 Å². The highest BCUT2D eigenvalue weighted by Gasteiger charge is 2.16. The molecule has 0 fully saturated rings. The van der Waals surface area contributed by atoms with Gasteiger partial charge in [0.2, 0.25) is 0 Å². The molecule has 0 aliphatic rings. The van der Waals surface area contributed by atoms with E-state index in [0.717, 1.165) is 16.6 Å². The molecule has 3 aromatic rings. The minimum absolute atomic E-state index is 0.0122. The lowest BCUT2D eigenvalue weighted by Crippen LogP contribution is -2.03. The van der Waals surface area contributed by atoms with Gasteiger partial charge in [0.1, 0.15) is 5.82 Å². The van der Waals surface area contributed by atoms with Crippen molar-refractivity contribution in [3.63, 3.8) is 0 Å². The van der Waals surface area contributed by atoms with E-state index >= 15 is 0 Å². The third-order valence-electron chi connectivity index (χ3n) is 3.37. The van der Waals surface area contributed by atoms with Gasteiger partial charge in [0, 0.05) is 27.1 Å². The van der Waals surface area contributed by atoms with Crippen molar-refractivity contribution in [1.82, 2.24) is 4.98 Å². The number of ketones is 1. The van der Waals surface area contributed by atoms with Crippen LogP contribution >= 0.6 is 11.8 Å². The molecule has 2 aromatic carbocycles. The minimum atomic E-state index is -0.286. The van der Waals surface area contributed by atoms with Crippen LogP contribution in [-0.2, 0) is 0 Å². The van der Waals surface area contributed by atoms with E-state index in [-0.39, 0.29) is 17.4 Å². The number of fused-ring (bicyclic) bond motifs is 1. The molecule has 0 aliphatic carbocycles. The summed E-state index contributed by atoms with van der Waals surface area (Å²) in [4.78, 5) is 16.2. The van der Waals surface area contributed by atoms with Gasteiger partial charge in [-0.2, -0.15) is 0 Å². The van der Waals surface area contributed by atoms with Crippen LogP contribution in [0.3, 0.4) is 0 Å². The fourth-order valence-electron chi connectivity index (χ4n) is 2.41. The first-order chi connectivity index (χ1) is 10.2. The summed E-state index contributed by atoms with van der Waals surface area (Å²) < 4.78 is 13.6. The molecule has 1 N–H and O–H groups in total. The van der Waals surface area contributed by atoms with Gasteiger partial charge in [0.05, 0.1) is 5.75 Å². The molecular weight excluding hydrogens is 285 g/mol. The van der Waals surface area contributed by atoms with E-state index in [1.165, 1.54) is 17.8 Å². The Morgan fingerprint density at radius 1 is 1.14 bits per heavy atom. The van der Waals surface area contributed by atoms with Crippen LogP contribution < -0.4 is 0 Å². The highest BCUT2D eigenvalue weighted by molar-refractivity contribution is 8.00. The summed E-state index contributed by atoms with van der Waals surface area (Å²) in [5.74, 6) is -0.0481. The monoisotopic (exact) mass is 299 g/mol. The number of nitrogens with one attached hydrogen (secondary N) is 1. The summed E-state index contributed by atoms with van der Waals surface area (Å²) in [6.45, 7) is 1.89. The summed E-state index contributed by atoms with van der Waals surface area (Å²) in [5, 5.41) is 0.925. The standard InChI is InChI=1S/C17H14FNOS/c1-11-17(12-6-2-4-8-14(12)19-11)15(20)10-21-16-9-5-3-7-13(16)18/h2-9,19H,10H2,1H3. The van der Waals surface area contributed by atoms with Crippen LogP contribution in [0.25, 0.3) is 10.9 Å². The first-order valence-corrected chi connectivity index (χ1v) is 7.63. The van der Waals surface area contributed by atoms with Crippen molar-refractivity contribution >= 4 is 28.4 Å². The number of halogens is 1. The Kier molecular flexibility index (Phi) is 3.80. The maximum Gasteiger partial charge on any atom is 0.175 e. The Morgan fingerprint density at radius 3 is 2.67 bits per heavy atom. The number of Topliss-reactive ketones (excluding diaryl/α,β-unsaturated/α-hetero) is 1. The fraction of sp³-hybridized carbons (Fsp3) is 0.118. The molecule has 0 unspecified atom stereocenters. The summed E-state index contributed by atoms with van der Waals surface area (Å²) >= 11 is 1.23. The van der Waals surface area contributed by atoms with Crippen molar-refractivity contribution < 1.29 is 9.18 Å². The van der Waals surface area contributed by atoms with Gasteiger partial charge in [0.15, 0.2) is 5.78 Å². The number of carbonyl (C=O) groups is 1. The molecule has 1 heterocycles. The Morgan fingerprint density at radius 2 is 1.86 bits per heavy atom. The average molecular weight is 299 g/mol. The fourth-order valence-corrected chi connectivity index (χ4v) is 3.22. The van der Waals surface area contributed by atoms with E-state index in [2.05, 4.69) is 4.98 Å². The lowest BCUT2D eigenvalue weighted by Gasteiger charge is -2.03.